The van der Waals surface area contributed by atoms with E-state index in [-0.39, 0.29) is 24.7 Å². The molecule has 1 heterocycles. The second-order valence-electron chi connectivity index (χ2n) is 6.03. The van der Waals surface area contributed by atoms with Crippen LogP contribution in [0.25, 0.3) is 0 Å². The molecule has 1 saturated heterocycles. The maximum absolute atomic E-state index is 11.7. The van der Waals surface area contributed by atoms with Crippen LogP contribution in [0.3, 0.4) is 0 Å². The fraction of sp³-hybridized carbons (Fsp3) is 0.286. The Morgan fingerprint density at radius 1 is 1.00 bits per heavy atom. The number of rotatable bonds is 3. The van der Waals surface area contributed by atoms with Gasteiger partial charge in [-0.25, -0.2) is 4.79 Å². The molecule has 0 aliphatic carbocycles. The maximum atomic E-state index is 11.7. The van der Waals surface area contributed by atoms with E-state index >= 15 is 0 Å². The molecule has 2 aromatic rings. The van der Waals surface area contributed by atoms with E-state index in [1.807, 2.05) is 60.7 Å². The molecule has 0 N–H and O–H groups in total. The van der Waals surface area contributed by atoms with Crippen LogP contribution in [-0.2, 0) is 16.1 Å². The number of likely N-dealkylation sites (tertiary alicyclic amines) is 1. The van der Waals surface area contributed by atoms with Gasteiger partial charge in [-0.2, -0.15) is 0 Å². The Bertz CT molecular complexity index is 728. The van der Waals surface area contributed by atoms with Gasteiger partial charge in [-0.1, -0.05) is 60.7 Å². The van der Waals surface area contributed by atoms with E-state index in [1.165, 1.54) is 4.90 Å². The molecule has 0 aromatic heterocycles. The number of amides is 1. The molecular weight excluding hydrogens is 330 g/mol. The number of hydrogen-bond acceptors (Lipinski definition) is 4. The van der Waals surface area contributed by atoms with Crippen LogP contribution in [0.1, 0.15) is 35.7 Å². The van der Waals surface area contributed by atoms with Crippen molar-refractivity contribution in [1.29, 1.82) is 0 Å². The molecule has 5 heteroatoms. The van der Waals surface area contributed by atoms with Crippen LogP contribution in [0.4, 0.5) is 4.79 Å². The van der Waals surface area contributed by atoms with Crippen LogP contribution in [-0.4, -0.2) is 35.6 Å². The van der Waals surface area contributed by atoms with Gasteiger partial charge in [0.1, 0.15) is 6.61 Å². The molecule has 3 rings (SSSR count). The van der Waals surface area contributed by atoms with Gasteiger partial charge in [-0.05, 0) is 18.9 Å². The zero-order valence-corrected chi connectivity index (χ0v) is 14.9. The van der Waals surface area contributed by atoms with Gasteiger partial charge < -0.3 is 9.64 Å². The van der Waals surface area contributed by atoms with Crippen molar-refractivity contribution in [2.24, 2.45) is 0 Å². The second-order valence-corrected chi connectivity index (χ2v) is 6.03. The Morgan fingerprint density at radius 3 is 2.15 bits per heavy atom. The van der Waals surface area contributed by atoms with Crippen LogP contribution >= 0.6 is 0 Å². The number of Topliss-reactive ketones (excluding diaryl/α,β-unsaturated/α-hetero) is 2. The van der Waals surface area contributed by atoms with E-state index in [4.69, 9.17) is 4.74 Å². The predicted molar refractivity (Wildman–Crippen MR) is 98.9 cm³/mol. The first-order chi connectivity index (χ1) is 12.6. The number of benzene rings is 2. The van der Waals surface area contributed by atoms with Gasteiger partial charge in [0.2, 0.25) is 0 Å². The summed E-state index contributed by atoms with van der Waals surface area (Å²) in [7, 11) is 0. The SMILES string of the molecule is CC(=O)c1ccccc1.O=C1CCCN(C(=O)OCc2ccccc2)C1. The summed E-state index contributed by atoms with van der Waals surface area (Å²) >= 11 is 0. The van der Waals surface area contributed by atoms with E-state index in [9.17, 15) is 14.4 Å². The van der Waals surface area contributed by atoms with E-state index in [1.54, 1.807) is 6.92 Å². The minimum Gasteiger partial charge on any atom is -0.445 e. The Morgan fingerprint density at radius 2 is 1.62 bits per heavy atom. The summed E-state index contributed by atoms with van der Waals surface area (Å²) in [5, 5.41) is 0. The standard InChI is InChI=1S/C13H15NO3.C8H8O/c15-12-7-4-8-14(9-12)13(16)17-10-11-5-2-1-3-6-11;1-7(9)8-5-3-2-4-6-8/h1-3,5-6H,4,7-10H2;2-6H,1H3. The summed E-state index contributed by atoms with van der Waals surface area (Å²) in [6.07, 6.45) is 0.906. The van der Waals surface area contributed by atoms with Crippen molar-refractivity contribution in [3.8, 4) is 0 Å². The van der Waals surface area contributed by atoms with E-state index in [0.717, 1.165) is 17.5 Å². The molecule has 136 valence electrons. The highest BCUT2D eigenvalue weighted by Crippen LogP contribution is 2.09. The van der Waals surface area contributed by atoms with Crippen LogP contribution in [0.5, 0.6) is 0 Å². The molecule has 1 fully saturated rings. The van der Waals surface area contributed by atoms with Crippen molar-refractivity contribution in [1.82, 2.24) is 4.90 Å². The van der Waals surface area contributed by atoms with Gasteiger partial charge >= 0.3 is 6.09 Å². The first kappa shape index (κ1) is 19.4. The molecule has 26 heavy (non-hydrogen) atoms. The lowest BCUT2D eigenvalue weighted by molar-refractivity contribution is -0.121. The molecule has 0 saturated carbocycles. The summed E-state index contributed by atoms with van der Waals surface area (Å²) in [4.78, 5) is 35.0. The maximum Gasteiger partial charge on any atom is 0.410 e. The molecule has 0 bridgehead atoms. The molecule has 1 amide bonds. The highest BCUT2D eigenvalue weighted by molar-refractivity contribution is 5.93. The Balaban J connectivity index is 0.000000228. The molecule has 0 spiro atoms. The van der Waals surface area contributed by atoms with Crippen molar-refractivity contribution in [3.63, 3.8) is 0 Å². The van der Waals surface area contributed by atoms with Crippen molar-refractivity contribution in [2.45, 2.75) is 26.4 Å². The van der Waals surface area contributed by atoms with Crippen LogP contribution < -0.4 is 0 Å². The van der Waals surface area contributed by atoms with Crippen LogP contribution in [0.2, 0.25) is 0 Å². The van der Waals surface area contributed by atoms with Gasteiger partial charge in [0.25, 0.3) is 0 Å². The minimum atomic E-state index is -0.401. The summed E-state index contributed by atoms with van der Waals surface area (Å²) in [5.41, 5.74) is 1.72. The number of ether oxygens (including phenoxy) is 1. The average molecular weight is 353 g/mol. The Kier molecular flexibility index (Phi) is 7.55. The number of carbonyl (C=O) groups excluding carboxylic acids is 3. The third-order valence-corrected chi connectivity index (χ3v) is 3.89. The Labute approximate surface area is 153 Å². The summed E-state index contributed by atoms with van der Waals surface area (Å²) in [5.74, 6) is 0.225. The van der Waals surface area contributed by atoms with Crippen molar-refractivity contribution in [3.05, 3.63) is 71.8 Å². The van der Waals surface area contributed by atoms with Gasteiger partial charge in [0.15, 0.2) is 11.6 Å². The molecule has 0 radical (unpaired) electrons. The second kappa shape index (κ2) is 10.1. The molecular formula is C21H23NO4. The number of nitrogens with zero attached hydrogens (tertiary/aromatic N) is 1. The predicted octanol–water partition coefficient (Wildman–Crippen LogP) is 3.88. The molecule has 2 aromatic carbocycles. The van der Waals surface area contributed by atoms with Crippen LogP contribution in [0, 0.1) is 0 Å². The van der Waals surface area contributed by atoms with Gasteiger partial charge in [0.05, 0.1) is 6.54 Å². The lowest BCUT2D eigenvalue weighted by atomic mass is 10.1. The van der Waals surface area contributed by atoms with E-state index < -0.39 is 6.09 Å². The lowest BCUT2D eigenvalue weighted by Gasteiger charge is -2.24. The fourth-order valence-electron chi connectivity index (χ4n) is 2.48. The van der Waals surface area contributed by atoms with Crippen LogP contribution in [0.15, 0.2) is 60.7 Å². The summed E-state index contributed by atoms with van der Waals surface area (Å²) in [6, 6.07) is 18.7. The highest BCUT2D eigenvalue weighted by atomic mass is 16.6. The normalized spacial score (nSPS) is 13.4. The third-order valence-electron chi connectivity index (χ3n) is 3.89. The minimum absolute atomic E-state index is 0.105. The van der Waals surface area contributed by atoms with E-state index in [0.29, 0.717) is 13.0 Å². The van der Waals surface area contributed by atoms with E-state index in [2.05, 4.69) is 0 Å². The van der Waals surface area contributed by atoms with Crippen molar-refractivity contribution in [2.75, 3.05) is 13.1 Å². The molecule has 0 atom stereocenters. The first-order valence-electron chi connectivity index (χ1n) is 8.59. The van der Waals surface area contributed by atoms with Gasteiger partial charge in [-0.15, -0.1) is 0 Å². The summed E-state index contributed by atoms with van der Waals surface area (Å²) in [6.45, 7) is 2.62. The smallest absolute Gasteiger partial charge is 0.410 e. The number of carbonyl (C=O) groups is 3. The molecule has 1 aliphatic rings. The number of hydrogen-bond donors (Lipinski definition) is 0. The molecule has 5 nitrogen and oxygen atoms in total. The average Bonchev–Trinajstić information content (AvgIpc) is 2.68. The fourth-order valence-corrected chi connectivity index (χ4v) is 2.48. The van der Waals surface area contributed by atoms with Gasteiger partial charge in [0, 0.05) is 18.5 Å². The molecule has 1 aliphatic heterocycles. The third kappa shape index (κ3) is 6.51. The summed E-state index contributed by atoms with van der Waals surface area (Å²) < 4.78 is 5.15. The number of piperidine rings is 1. The van der Waals surface area contributed by atoms with Gasteiger partial charge in [-0.3, -0.25) is 9.59 Å². The zero-order valence-electron chi connectivity index (χ0n) is 14.9. The number of ketones is 2. The quantitative estimate of drug-likeness (QED) is 0.786. The molecule has 0 unspecified atom stereocenters. The largest absolute Gasteiger partial charge is 0.445 e. The first-order valence-corrected chi connectivity index (χ1v) is 8.59. The van der Waals surface area contributed by atoms with Crippen molar-refractivity contribution >= 4 is 17.7 Å². The highest BCUT2D eigenvalue weighted by Gasteiger charge is 2.22. The topological polar surface area (TPSA) is 63.7 Å². The Hall–Kier alpha value is -2.95. The zero-order chi connectivity index (χ0) is 18.8. The van der Waals surface area contributed by atoms with Crippen molar-refractivity contribution < 1.29 is 19.1 Å². The lowest BCUT2D eigenvalue weighted by Crippen LogP contribution is -2.40. The monoisotopic (exact) mass is 353 g/mol.